The highest BCUT2D eigenvalue weighted by Gasteiger charge is 2.42. The normalized spacial score (nSPS) is 18.3. The van der Waals surface area contributed by atoms with Crippen molar-refractivity contribution >= 4 is 37.3 Å². The monoisotopic (exact) mass is 468 g/mol. The highest BCUT2D eigenvalue weighted by atomic mass is 32.2. The van der Waals surface area contributed by atoms with Crippen LogP contribution in [-0.2, 0) is 24.8 Å². The minimum atomic E-state index is -4.16. The topological polar surface area (TPSA) is 119 Å². The number of ether oxygens (including phenoxy) is 2. The van der Waals surface area contributed by atoms with Gasteiger partial charge in [-0.05, 0) is 56.3 Å². The number of carbonyl (C=O) groups is 1. The molecule has 1 fully saturated rings. The van der Waals surface area contributed by atoms with Gasteiger partial charge in [-0.2, -0.15) is 0 Å². The summed E-state index contributed by atoms with van der Waals surface area (Å²) in [7, 11) is -6.74. The van der Waals surface area contributed by atoms with Crippen LogP contribution >= 0.6 is 0 Å². The van der Waals surface area contributed by atoms with Crippen LogP contribution in [0.3, 0.4) is 0 Å². The van der Waals surface area contributed by atoms with Crippen molar-refractivity contribution in [2.45, 2.75) is 31.8 Å². The van der Waals surface area contributed by atoms with Gasteiger partial charge in [0.05, 0.1) is 30.6 Å². The first-order chi connectivity index (χ1) is 14.4. The fourth-order valence-electron chi connectivity index (χ4n) is 3.17. The number of hydrogen-bond donors (Lipinski definition) is 1. The number of benzene rings is 2. The molecule has 1 aliphatic rings. The first kappa shape index (κ1) is 22.9. The molecule has 1 unspecified atom stereocenters. The van der Waals surface area contributed by atoms with E-state index >= 15 is 0 Å². The number of anilines is 2. The summed E-state index contributed by atoms with van der Waals surface area (Å²) in [5.74, 6) is -1.06. The van der Waals surface area contributed by atoms with E-state index in [0.717, 1.165) is 6.07 Å². The fourth-order valence-corrected chi connectivity index (χ4v) is 6.23. The number of hydrogen-bond acceptors (Lipinski definition) is 7. The Morgan fingerprint density at radius 2 is 1.77 bits per heavy atom. The molecule has 1 heterocycles. The Morgan fingerprint density at radius 3 is 2.29 bits per heavy atom. The van der Waals surface area contributed by atoms with Crippen molar-refractivity contribution < 1.29 is 31.1 Å². The van der Waals surface area contributed by atoms with Gasteiger partial charge in [-0.15, -0.1) is 0 Å². The molecule has 0 spiro atoms. The molecule has 3 rings (SSSR count). The number of amides is 1. The van der Waals surface area contributed by atoms with Crippen LogP contribution < -0.4 is 18.5 Å². The van der Waals surface area contributed by atoms with E-state index in [0.29, 0.717) is 10.1 Å². The molecule has 0 saturated carbocycles. The van der Waals surface area contributed by atoms with Crippen molar-refractivity contribution in [3.8, 4) is 11.5 Å². The Labute approximate surface area is 182 Å². The molecule has 31 heavy (non-hydrogen) atoms. The maximum Gasteiger partial charge on any atom is 0.265 e. The smallest absolute Gasteiger partial charge is 0.265 e. The number of methoxy groups -OCH3 is 1. The van der Waals surface area contributed by atoms with Crippen molar-refractivity contribution in [1.82, 2.24) is 0 Å². The molecule has 11 heteroatoms. The first-order valence-electron chi connectivity index (χ1n) is 9.49. The molecule has 0 aliphatic carbocycles. The van der Waals surface area contributed by atoms with Gasteiger partial charge in [0, 0.05) is 5.69 Å². The lowest BCUT2D eigenvalue weighted by atomic mass is 10.2. The summed E-state index contributed by atoms with van der Waals surface area (Å²) in [5, 5.41) is 0. The molecule has 1 N–H and O–H groups in total. The van der Waals surface area contributed by atoms with Gasteiger partial charge in [-0.1, -0.05) is 6.92 Å². The number of sulfonamides is 2. The molecule has 0 aromatic heterocycles. The first-order valence-corrected chi connectivity index (χ1v) is 12.6. The molecule has 1 atom stereocenters. The summed E-state index contributed by atoms with van der Waals surface area (Å²) in [4.78, 5) is 12.1. The highest BCUT2D eigenvalue weighted by Crippen LogP contribution is 2.34. The molecule has 1 amide bonds. The molecule has 0 bridgehead atoms. The van der Waals surface area contributed by atoms with Crippen LogP contribution in [0.5, 0.6) is 11.5 Å². The Morgan fingerprint density at radius 1 is 1.13 bits per heavy atom. The molecule has 2 aromatic carbocycles. The second-order valence-corrected chi connectivity index (χ2v) is 10.9. The predicted molar refractivity (Wildman–Crippen MR) is 116 cm³/mol. The van der Waals surface area contributed by atoms with Gasteiger partial charge in [0.25, 0.3) is 10.0 Å². The van der Waals surface area contributed by atoms with Gasteiger partial charge in [-0.25, -0.2) is 21.1 Å². The zero-order valence-electron chi connectivity index (χ0n) is 17.5. The third-order valence-corrected chi connectivity index (χ3v) is 7.78. The van der Waals surface area contributed by atoms with Gasteiger partial charge in [-0.3, -0.25) is 9.52 Å². The van der Waals surface area contributed by atoms with E-state index in [9.17, 15) is 21.6 Å². The van der Waals surface area contributed by atoms with E-state index in [2.05, 4.69) is 4.72 Å². The van der Waals surface area contributed by atoms with E-state index in [1.165, 1.54) is 26.2 Å². The molecular formula is C20H24N2O7S2. The van der Waals surface area contributed by atoms with Crippen molar-refractivity contribution in [3.63, 3.8) is 0 Å². The highest BCUT2D eigenvalue weighted by molar-refractivity contribution is 7.94. The Bertz CT molecular complexity index is 1190. The van der Waals surface area contributed by atoms with Crippen LogP contribution in [-0.4, -0.2) is 41.7 Å². The van der Waals surface area contributed by atoms with E-state index in [4.69, 9.17) is 9.47 Å². The Balaban J connectivity index is 1.97. The summed E-state index contributed by atoms with van der Waals surface area (Å²) in [6, 6.07) is 10.1. The lowest BCUT2D eigenvalue weighted by molar-refractivity contribution is -0.119. The second-order valence-electron chi connectivity index (χ2n) is 7.41. The number of rotatable bonds is 7. The van der Waals surface area contributed by atoms with Gasteiger partial charge in [0.2, 0.25) is 15.9 Å². The van der Waals surface area contributed by atoms with Crippen LogP contribution in [0.15, 0.2) is 47.4 Å². The molecular weight excluding hydrogens is 444 g/mol. The maximum atomic E-state index is 13.0. The number of nitrogens with zero attached hydrogens (tertiary/aromatic N) is 1. The van der Waals surface area contributed by atoms with E-state index in [-0.39, 0.29) is 33.9 Å². The van der Waals surface area contributed by atoms with Crippen LogP contribution in [0.25, 0.3) is 0 Å². The van der Waals surface area contributed by atoms with E-state index < -0.39 is 31.9 Å². The van der Waals surface area contributed by atoms with Crippen molar-refractivity contribution in [1.29, 1.82) is 0 Å². The van der Waals surface area contributed by atoms with Gasteiger partial charge in [0.1, 0.15) is 16.4 Å². The zero-order valence-corrected chi connectivity index (χ0v) is 19.2. The molecule has 1 aliphatic heterocycles. The van der Waals surface area contributed by atoms with Crippen LogP contribution in [0.2, 0.25) is 0 Å². The second kappa shape index (κ2) is 8.39. The summed E-state index contributed by atoms with van der Waals surface area (Å²) in [6.07, 6.45) is -0.0261. The lowest BCUT2D eigenvalue weighted by Gasteiger charge is -2.18. The third-order valence-electron chi connectivity index (χ3n) is 4.51. The molecule has 1 saturated heterocycles. The van der Waals surface area contributed by atoms with E-state index in [1.807, 2.05) is 13.8 Å². The molecule has 168 valence electrons. The summed E-state index contributed by atoms with van der Waals surface area (Å²) >= 11 is 0. The third kappa shape index (κ3) is 4.77. The maximum absolute atomic E-state index is 13.0. The average molecular weight is 469 g/mol. The van der Waals surface area contributed by atoms with Crippen LogP contribution in [0, 0.1) is 5.92 Å². The quantitative estimate of drug-likeness (QED) is 0.663. The minimum absolute atomic E-state index is 0.00750. The summed E-state index contributed by atoms with van der Waals surface area (Å²) in [6.45, 7) is 5.26. The van der Waals surface area contributed by atoms with Crippen molar-refractivity contribution in [3.05, 3.63) is 42.5 Å². The SMILES string of the molecule is COc1ccc(N2C(=O)C(C)CS2(=O)=O)cc1S(=O)(=O)Nc1ccc(OC(C)C)cc1. The predicted octanol–water partition coefficient (Wildman–Crippen LogP) is 2.60. The average Bonchev–Trinajstić information content (AvgIpc) is 2.89. The number of nitrogens with one attached hydrogen (secondary N) is 1. The van der Waals surface area contributed by atoms with Crippen molar-refractivity contribution in [2.75, 3.05) is 21.9 Å². The zero-order chi connectivity index (χ0) is 23.0. The Kier molecular flexibility index (Phi) is 6.19. The summed E-state index contributed by atoms with van der Waals surface area (Å²) < 4.78 is 64.7. The van der Waals surface area contributed by atoms with Gasteiger partial charge < -0.3 is 9.47 Å². The number of carbonyl (C=O) groups excluding carboxylic acids is 1. The molecule has 0 radical (unpaired) electrons. The minimum Gasteiger partial charge on any atom is -0.495 e. The summed E-state index contributed by atoms with van der Waals surface area (Å²) in [5.41, 5.74) is 0.221. The Hall–Kier alpha value is -2.79. The van der Waals surface area contributed by atoms with Gasteiger partial charge >= 0.3 is 0 Å². The molecule has 9 nitrogen and oxygen atoms in total. The van der Waals surface area contributed by atoms with E-state index in [1.54, 1.807) is 24.3 Å². The fraction of sp³-hybridized carbons (Fsp3) is 0.350. The van der Waals surface area contributed by atoms with Gasteiger partial charge in [0.15, 0.2) is 0 Å². The van der Waals surface area contributed by atoms with Crippen molar-refractivity contribution in [2.24, 2.45) is 5.92 Å². The van der Waals surface area contributed by atoms with Crippen LogP contribution in [0.1, 0.15) is 20.8 Å². The molecule has 2 aromatic rings. The largest absolute Gasteiger partial charge is 0.495 e. The lowest BCUT2D eigenvalue weighted by Crippen LogP contribution is -2.30. The standard InChI is InChI=1S/C20H24N2O7S2/c1-13(2)29-17-8-5-15(6-9-17)21-31(26,27)19-11-16(7-10-18(19)28-4)22-20(23)14(3)12-30(22,24)25/h5-11,13-14,21H,12H2,1-4H3. The van der Waals surface area contributed by atoms with Crippen LogP contribution in [0.4, 0.5) is 11.4 Å².